The van der Waals surface area contributed by atoms with Gasteiger partial charge >= 0.3 is 5.97 Å². The van der Waals surface area contributed by atoms with Crippen LogP contribution in [0.1, 0.15) is 20.1 Å². The van der Waals surface area contributed by atoms with E-state index < -0.39 is 0 Å². The predicted molar refractivity (Wildman–Crippen MR) is 85.3 cm³/mol. The smallest absolute Gasteiger partial charge is 0.310 e. The van der Waals surface area contributed by atoms with Crippen molar-refractivity contribution in [1.29, 1.82) is 0 Å². The minimum atomic E-state index is -0.309. The largest absolute Gasteiger partial charge is 0.469 e. The van der Waals surface area contributed by atoms with Gasteiger partial charge in [0.1, 0.15) is 0 Å². The second-order valence-electron chi connectivity index (χ2n) is 4.01. The standard InChI is InChI=1S/C14H10Br2O3S/c1-19-13(17)7-11-2-3-12(20-11)14(18)8-4-9(15)6-10(16)5-8/h2-6H,7H2,1H3. The molecule has 1 aromatic carbocycles. The van der Waals surface area contributed by atoms with Gasteiger partial charge in [-0.05, 0) is 30.3 Å². The van der Waals surface area contributed by atoms with Gasteiger partial charge in [-0.1, -0.05) is 31.9 Å². The van der Waals surface area contributed by atoms with Gasteiger partial charge in [0.2, 0.25) is 5.78 Å². The summed E-state index contributed by atoms with van der Waals surface area (Å²) in [5.41, 5.74) is 0.595. The maximum atomic E-state index is 12.4. The molecule has 20 heavy (non-hydrogen) atoms. The molecule has 0 amide bonds. The highest BCUT2D eigenvalue weighted by Gasteiger charge is 2.14. The Hall–Kier alpha value is -0.980. The number of benzene rings is 1. The minimum absolute atomic E-state index is 0.0619. The lowest BCUT2D eigenvalue weighted by molar-refractivity contribution is -0.139. The van der Waals surface area contributed by atoms with Crippen LogP contribution in [0.4, 0.5) is 0 Å². The zero-order valence-corrected chi connectivity index (χ0v) is 14.5. The van der Waals surface area contributed by atoms with E-state index in [0.717, 1.165) is 13.8 Å². The Morgan fingerprint density at radius 3 is 2.40 bits per heavy atom. The molecule has 0 bridgehead atoms. The number of methoxy groups -OCH3 is 1. The van der Waals surface area contributed by atoms with Gasteiger partial charge < -0.3 is 4.74 Å². The molecule has 0 atom stereocenters. The van der Waals surface area contributed by atoms with Crippen molar-refractivity contribution in [3.63, 3.8) is 0 Å². The minimum Gasteiger partial charge on any atom is -0.469 e. The van der Waals surface area contributed by atoms with Gasteiger partial charge in [0.15, 0.2) is 0 Å². The number of halogens is 2. The summed E-state index contributed by atoms with van der Waals surface area (Å²) >= 11 is 8.03. The molecule has 0 radical (unpaired) electrons. The second-order valence-corrected chi connectivity index (χ2v) is 7.01. The maximum Gasteiger partial charge on any atom is 0.310 e. The molecule has 0 fully saturated rings. The van der Waals surface area contributed by atoms with E-state index in [-0.39, 0.29) is 18.2 Å². The highest BCUT2D eigenvalue weighted by Crippen LogP contribution is 2.25. The second kappa shape index (κ2) is 6.65. The van der Waals surface area contributed by atoms with Crippen LogP contribution in [0.2, 0.25) is 0 Å². The molecule has 2 aromatic rings. The molecular weight excluding hydrogens is 408 g/mol. The van der Waals surface area contributed by atoms with E-state index >= 15 is 0 Å². The van der Waals surface area contributed by atoms with Crippen molar-refractivity contribution in [3.05, 3.63) is 54.6 Å². The van der Waals surface area contributed by atoms with Crippen molar-refractivity contribution < 1.29 is 14.3 Å². The molecule has 2 rings (SSSR count). The Balaban J connectivity index is 2.23. The Bertz CT molecular complexity index is 644. The van der Waals surface area contributed by atoms with Crippen molar-refractivity contribution in [2.75, 3.05) is 7.11 Å². The molecule has 0 N–H and O–H groups in total. The van der Waals surface area contributed by atoms with Crippen LogP contribution in [0.5, 0.6) is 0 Å². The first-order chi connectivity index (χ1) is 9.49. The number of hydrogen-bond donors (Lipinski definition) is 0. The maximum absolute atomic E-state index is 12.4. The number of esters is 1. The first-order valence-corrected chi connectivity index (χ1v) is 8.06. The monoisotopic (exact) mass is 416 g/mol. The Morgan fingerprint density at radius 1 is 1.15 bits per heavy atom. The Morgan fingerprint density at radius 2 is 1.80 bits per heavy atom. The lowest BCUT2D eigenvalue weighted by Gasteiger charge is -2.01. The van der Waals surface area contributed by atoms with Crippen LogP contribution in [0.25, 0.3) is 0 Å². The zero-order valence-electron chi connectivity index (χ0n) is 10.5. The fourth-order valence-corrected chi connectivity index (χ4v) is 3.89. The van der Waals surface area contributed by atoms with Crippen molar-refractivity contribution in [2.45, 2.75) is 6.42 Å². The van der Waals surface area contributed by atoms with E-state index in [1.54, 1.807) is 24.3 Å². The third-order valence-electron chi connectivity index (χ3n) is 2.56. The fourth-order valence-electron chi connectivity index (χ4n) is 1.64. The number of hydrogen-bond acceptors (Lipinski definition) is 4. The number of ether oxygens (including phenoxy) is 1. The number of rotatable bonds is 4. The van der Waals surface area contributed by atoms with Crippen molar-refractivity contribution in [1.82, 2.24) is 0 Å². The normalized spacial score (nSPS) is 10.3. The van der Waals surface area contributed by atoms with Crippen molar-refractivity contribution >= 4 is 54.9 Å². The number of ketones is 1. The van der Waals surface area contributed by atoms with E-state index in [9.17, 15) is 9.59 Å². The number of carbonyl (C=O) groups excluding carboxylic acids is 2. The van der Waals surface area contributed by atoms with Gasteiger partial charge in [-0.3, -0.25) is 9.59 Å². The van der Waals surface area contributed by atoms with Crippen LogP contribution < -0.4 is 0 Å². The van der Waals surface area contributed by atoms with Crippen LogP contribution in [0, 0.1) is 0 Å². The zero-order chi connectivity index (χ0) is 14.7. The van der Waals surface area contributed by atoms with E-state index in [4.69, 9.17) is 0 Å². The number of carbonyl (C=O) groups is 2. The summed E-state index contributed by atoms with van der Waals surface area (Å²) in [5, 5.41) is 0. The molecule has 0 aliphatic rings. The highest BCUT2D eigenvalue weighted by molar-refractivity contribution is 9.11. The van der Waals surface area contributed by atoms with Crippen molar-refractivity contribution in [2.24, 2.45) is 0 Å². The molecule has 1 heterocycles. The van der Waals surface area contributed by atoms with Crippen LogP contribution >= 0.6 is 43.2 Å². The van der Waals surface area contributed by atoms with Gasteiger partial charge in [0.05, 0.1) is 18.4 Å². The van der Waals surface area contributed by atoms with Gasteiger partial charge in [-0.2, -0.15) is 0 Å². The van der Waals surface area contributed by atoms with E-state index in [2.05, 4.69) is 36.6 Å². The summed E-state index contributed by atoms with van der Waals surface area (Å²) in [6.07, 6.45) is 0.191. The topological polar surface area (TPSA) is 43.4 Å². The molecule has 6 heteroatoms. The van der Waals surface area contributed by atoms with Gasteiger partial charge in [0, 0.05) is 19.4 Å². The van der Waals surface area contributed by atoms with Gasteiger partial charge in [-0.25, -0.2) is 0 Å². The van der Waals surface area contributed by atoms with Crippen molar-refractivity contribution in [3.8, 4) is 0 Å². The quantitative estimate of drug-likeness (QED) is 0.552. The molecule has 0 spiro atoms. The predicted octanol–water partition coefficient (Wildman–Crippen LogP) is 4.22. The first-order valence-electron chi connectivity index (χ1n) is 5.66. The van der Waals surface area contributed by atoms with Gasteiger partial charge in [-0.15, -0.1) is 11.3 Å². The Labute approximate surface area is 137 Å². The van der Waals surface area contributed by atoms with E-state index in [0.29, 0.717) is 10.4 Å². The van der Waals surface area contributed by atoms with Crippen LogP contribution in [0.15, 0.2) is 39.3 Å². The van der Waals surface area contributed by atoms with E-state index in [1.165, 1.54) is 18.4 Å². The highest BCUT2D eigenvalue weighted by atomic mass is 79.9. The number of thiophene rings is 1. The molecule has 1 aromatic heterocycles. The average molecular weight is 418 g/mol. The first kappa shape index (κ1) is 15.4. The SMILES string of the molecule is COC(=O)Cc1ccc(C(=O)c2cc(Br)cc(Br)c2)s1. The molecule has 104 valence electrons. The van der Waals surface area contributed by atoms with Crippen LogP contribution in [0.3, 0.4) is 0 Å². The summed E-state index contributed by atoms with van der Waals surface area (Å²) in [6.45, 7) is 0. The summed E-state index contributed by atoms with van der Waals surface area (Å²) < 4.78 is 6.28. The lowest BCUT2D eigenvalue weighted by Crippen LogP contribution is -2.02. The van der Waals surface area contributed by atoms with Crippen LogP contribution in [-0.4, -0.2) is 18.9 Å². The molecule has 0 saturated heterocycles. The molecule has 3 nitrogen and oxygen atoms in total. The van der Waals surface area contributed by atoms with E-state index in [1.807, 2.05) is 6.07 Å². The average Bonchev–Trinajstić information content (AvgIpc) is 2.85. The molecule has 0 aliphatic carbocycles. The third kappa shape index (κ3) is 3.77. The van der Waals surface area contributed by atoms with Crippen LogP contribution in [-0.2, 0) is 16.0 Å². The summed E-state index contributed by atoms with van der Waals surface area (Å²) in [6, 6.07) is 8.93. The summed E-state index contributed by atoms with van der Waals surface area (Å²) in [7, 11) is 1.35. The molecule has 0 saturated carbocycles. The summed E-state index contributed by atoms with van der Waals surface area (Å²) in [5.74, 6) is -0.371. The van der Waals surface area contributed by atoms with Gasteiger partial charge in [0.25, 0.3) is 0 Å². The molecule has 0 unspecified atom stereocenters. The third-order valence-corrected chi connectivity index (χ3v) is 4.56. The fraction of sp³-hybridized carbons (Fsp3) is 0.143. The Kier molecular flexibility index (Phi) is 5.12. The lowest BCUT2D eigenvalue weighted by atomic mass is 10.1. The molecule has 0 aliphatic heterocycles. The molecular formula is C14H10Br2O3S. The summed E-state index contributed by atoms with van der Waals surface area (Å²) in [4.78, 5) is 25.0.